The average molecular weight is 709 g/mol. The van der Waals surface area contributed by atoms with E-state index in [0.717, 1.165) is 74.5 Å². The number of hydrogen-bond donors (Lipinski definition) is 1. The second-order valence-corrected chi connectivity index (χ2v) is 13.7. The summed E-state index contributed by atoms with van der Waals surface area (Å²) in [5.74, 6) is 1.75. The number of halogens is 2. The van der Waals surface area contributed by atoms with Gasteiger partial charge in [-0.25, -0.2) is 13.8 Å². The van der Waals surface area contributed by atoms with Gasteiger partial charge in [0.2, 0.25) is 11.8 Å². The third kappa shape index (κ3) is 6.80. The van der Waals surface area contributed by atoms with Gasteiger partial charge in [0, 0.05) is 43.2 Å². The minimum atomic E-state index is -0.270. The number of fused-ring (bicyclic) bond motifs is 3. The molecule has 12 heteroatoms. The SMILES string of the molecule is CCCN1Cc2nc(CCc3ccc(F)cc3)c(-c3nnc(C)o3)c(-c3cc4ccnc(NC)c4s3)c2C1=O.COc1cc(F)cc2c1CCC2. The second-order valence-electron chi connectivity index (χ2n) is 12.6. The number of aryl methyl sites for hydroxylation is 4. The third-order valence-electron chi connectivity index (χ3n) is 9.26. The van der Waals surface area contributed by atoms with Crippen molar-refractivity contribution in [2.45, 2.75) is 58.9 Å². The number of carbonyl (C=O) groups excluding carboxylic acids is 1. The molecule has 0 radical (unpaired) electrons. The molecule has 2 aliphatic rings. The van der Waals surface area contributed by atoms with Crippen molar-refractivity contribution in [3.8, 4) is 27.6 Å². The van der Waals surface area contributed by atoms with E-state index in [0.29, 0.717) is 54.6 Å². The Morgan fingerprint density at radius 1 is 1.00 bits per heavy atom. The lowest BCUT2D eigenvalue weighted by Gasteiger charge is -2.15. The van der Waals surface area contributed by atoms with Crippen LogP contribution in [-0.2, 0) is 32.2 Å². The van der Waals surface area contributed by atoms with Crippen molar-refractivity contribution in [1.29, 1.82) is 0 Å². The zero-order valence-corrected chi connectivity index (χ0v) is 29.8. The number of pyridine rings is 2. The zero-order valence-electron chi connectivity index (χ0n) is 29.0. The van der Waals surface area contributed by atoms with E-state index < -0.39 is 0 Å². The van der Waals surface area contributed by atoms with E-state index in [2.05, 4.69) is 33.5 Å². The van der Waals surface area contributed by atoms with E-state index in [1.807, 2.05) is 18.0 Å². The maximum atomic E-state index is 13.8. The van der Waals surface area contributed by atoms with Gasteiger partial charge in [0.25, 0.3) is 5.91 Å². The molecule has 0 saturated carbocycles. The number of nitrogens with zero attached hydrogens (tertiary/aromatic N) is 5. The molecule has 1 aliphatic carbocycles. The molecule has 0 unspecified atom stereocenters. The highest BCUT2D eigenvalue weighted by Gasteiger charge is 2.36. The van der Waals surface area contributed by atoms with Gasteiger partial charge in [0.15, 0.2) is 0 Å². The Bertz CT molecular complexity index is 2230. The molecule has 0 atom stereocenters. The number of benzene rings is 2. The summed E-state index contributed by atoms with van der Waals surface area (Å²) in [5, 5.41) is 12.7. The largest absolute Gasteiger partial charge is 0.496 e. The lowest BCUT2D eigenvalue weighted by Crippen LogP contribution is -2.24. The highest BCUT2D eigenvalue weighted by Crippen LogP contribution is 2.46. The lowest BCUT2D eigenvalue weighted by molar-refractivity contribution is 0.0778. The number of methoxy groups -OCH3 is 1. The fraction of sp³-hybridized carbons (Fsp3) is 0.308. The number of amides is 1. The van der Waals surface area contributed by atoms with Crippen molar-refractivity contribution in [2.24, 2.45) is 0 Å². The molecule has 51 heavy (non-hydrogen) atoms. The minimum Gasteiger partial charge on any atom is -0.496 e. The molecule has 0 fully saturated rings. The molecule has 5 heterocycles. The number of rotatable bonds is 9. The van der Waals surface area contributed by atoms with Gasteiger partial charge < -0.3 is 19.4 Å². The van der Waals surface area contributed by atoms with Gasteiger partial charge in [-0.3, -0.25) is 9.78 Å². The van der Waals surface area contributed by atoms with Crippen LogP contribution in [0.1, 0.15) is 64.1 Å². The third-order valence-corrected chi connectivity index (χ3v) is 10.4. The van der Waals surface area contributed by atoms with Crippen molar-refractivity contribution < 1.29 is 22.7 Å². The molecule has 1 aliphatic heterocycles. The number of anilines is 1. The molecule has 6 aromatic rings. The van der Waals surface area contributed by atoms with E-state index >= 15 is 0 Å². The summed E-state index contributed by atoms with van der Waals surface area (Å²) in [6.45, 7) is 4.90. The summed E-state index contributed by atoms with van der Waals surface area (Å²) < 4.78 is 38.5. The van der Waals surface area contributed by atoms with Crippen LogP contribution in [0.3, 0.4) is 0 Å². The van der Waals surface area contributed by atoms with Crippen LogP contribution in [0.25, 0.3) is 32.0 Å². The Kier molecular flexibility index (Phi) is 9.77. The van der Waals surface area contributed by atoms with Gasteiger partial charge in [-0.05, 0) is 90.9 Å². The monoisotopic (exact) mass is 708 g/mol. The van der Waals surface area contributed by atoms with Gasteiger partial charge >= 0.3 is 0 Å². The molecule has 1 amide bonds. The summed E-state index contributed by atoms with van der Waals surface area (Å²) >= 11 is 1.57. The fourth-order valence-corrected chi connectivity index (χ4v) is 8.15. The quantitative estimate of drug-likeness (QED) is 0.160. The Labute approximate surface area is 298 Å². The summed E-state index contributed by atoms with van der Waals surface area (Å²) in [4.78, 5) is 26.1. The molecule has 0 bridgehead atoms. The Morgan fingerprint density at radius 3 is 2.55 bits per heavy atom. The van der Waals surface area contributed by atoms with Crippen molar-refractivity contribution in [3.05, 3.63) is 106 Å². The molecule has 4 aromatic heterocycles. The molecule has 0 saturated heterocycles. The van der Waals surface area contributed by atoms with Crippen LogP contribution >= 0.6 is 11.3 Å². The van der Waals surface area contributed by atoms with Crippen LogP contribution in [0.4, 0.5) is 14.6 Å². The van der Waals surface area contributed by atoms with Gasteiger partial charge in [-0.1, -0.05) is 19.1 Å². The molecule has 262 valence electrons. The number of carbonyl (C=O) groups is 1. The Morgan fingerprint density at radius 2 is 1.82 bits per heavy atom. The summed E-state index contributed by atoms with van der Waals surface area (Å²) in [5.41, 5.74) is 6.85. The number of nitrogens with one attached hydrogen (secondary N) is 1. The van der Waals surface area contributed by atoms with Crippen LogP contribution in [0.5, 0.6) is 5.75 Å². The molecule has 9 nitrogen and oxygen atoms in total. The standard InChI is InChI=1S/C29H27FN6O2S.C10H11FO/c1-4-13-36-15-21-24(29(36)37)25(22-14-18-11-12-32-27(31-3)26(18)39-22)23(28-35-34-16(2)38-28)20(33-21)10-7-17-5-8-19(30)9-6-17;1-12-10-6-8(11)5-7-3-2-4-9(7)10/h5-6,8-9,11-12,14H,4,7,10,13,15H2,1-3H3,(H,31,32);5-6H,2-4H2,1H3. The lowest BCUT2D eigenvalue weighted by atomic mass is 9.94. The van der Waals surface area contributed by atoms with Gasteiger partial charge in [-0.15, -0.1) is 21.5 Å². The Balaban J connectivity index is 0.000000285. The van der Waals surface area contributed by atoms with E-state index in [1.165, 1.54) is 23.8 Å². The molecule has 8 rings (SSSR count). The van der Waals surface area contributed by atoms with E-state index in [9.17, 15) is 13.6 Å². The summed E-state index contributed by atoms with van der Waals surface area (Å²) in [7, 11) is 3.44. The first-order chi connectivity index (χ1) is 24.8. The van der Waals surface area contributed by atoms with Crippen molar-refractivity contribution >= 4 is 33.1 Å². The van der Waals surface area contributed by atoms with Gasteiger partial charge in [0.05, 0.1) is 40.9 Å². The first-order valence-corrected chi connectivity index (χ1v) is 17.9. The predicted octanol–water partition coefficient (Wildman–Crippen LogP) is 8.37. The minimum absolute atomic E-state index is 0.0404. The second kappa shape index (κ2) is 14.6. The normalized spacial score (nSPS) is 13.3. The molecule has 1 N–H and O–H groups in total. The number of thiophene rings is 1. The van der Waals surface area contributed by atoms with Crippen molar-refractivity contribution in [1.82, 2.24) is 25.1 Å². The fourth-order valence-electron chi connectivity index (χ4n) is 6.94. The van der Waals surface area contributed by atoms with Crippen LogP contribution in [0.2, 0.25) is 0 Å². The van der Waals surface area contributed by atoms with E-state index in [-0.39, 0.29) is 17.5 Å². The van der Waals surface area contributed by atoms with Crippen molar-refractivity contribution in [3.63, 3.8) is 0 Å². The molecular formula is C39H38F2N6O3S. The van der Waals surface area contributed by atoms with Crippen LogP contribution in [0, 0.1) is 18.6 Å². The zero-order chi connectivity index (χ0) is 35.6. The molecular weight excluding hydrogens is 671 g/mol. The van der Waals surface area contributed by atoms with Crippen LogP contribution in [-0.4, -0.2) is 51.7 Å². The topological polar surface area (TPSA) is 106 Å². The first-order valence-electron chi connectivity index (χ1n) is 17.1. The number of hydrogen-bond acceptors (Lipinski definition) is 9. The highest BCUT2D eigenvalue weighted by atomic mass is 32.1. The summed E-state index contributed by atoms with van der Waals surface area (Å²) in [6, 6.07) is 13.6. The molecule has 0 spiro atoms. The van der Waals surface area contributed by atoms with E-state index in [4.69, 9.17) is 14.1 Å². The van der Waals surface area contributed by atoms with Gasteiger partial charge in [-0.2, -0.15) is 0 Å². The van der Waals surface area contributed by atoms with Crippen LogP contribution in [0.15, 0.2) is 59.1 Å². The average Bonchev–Trinajstić information content (AvgIpc) is 3.94. The molecule has 2 aromatic carbocycles. The smallest absolute Gasteiger partial charge is 0.256 e. The maximum Gasteiger partial charge on any atom is 0.256 e. The van der Waals surface area contributed by atoms with E-state index in [1.54, 1.807) is 49.8 Å². The highest BCUT2D eigenvalue weighted by molar-refractivity contribution is 7.23. The van der Waals surface area contributed by atoms with Gasteiger partial charge in [0.1, 0.15) is 23.2 Å². The first kappa shape index (κ1) is 34.2. The maximum absolute atomic E-state index is 13.8. The predicted molar refractivity (Wildman–Crippen MR) is 194 cm³/mol. The van der Waals surface area contributed by atoms with Crippen LogP contribution < -0.4 is 10.1 Å². The number of aromatic nitrogens is 4. The Hall–Kier alpha value is -5.23. The van der Waals surface area contributed by atoms with Crippen molar-refractivity contribution in [2.75, 3.05) is 26.0 Å². The number of ether oxygens (including phenoxy) is 1. The summed E-state index contributed by atoms with van der Waals surface area (Å²) in [6.07, 6.45) is 6.95.